The third-order valence-corrected chi connectivity index (χ3v) is 2.16. The van der Waals surface area contributed by atoms with Crippen LogP contribution >= 0.6 is 23.2 Å². The van der Waals surface area contributed by atoms with Gasteiger partial charge in [0.15, 0.2) is 0 Å². The molecule has 0 unspecified atom stereocenters. The second-order valence-electron chi connectivity index (χ2n) is 2.79. The Kier molecular flexibility index (Phi) is 4.59. The zero-order valence-electron chi connectivity index (χ0n) is 8.13. The molecule has 1 aromatic carbocycles. The van der Waals surface area contributed by atoms with E-state index >= 15 is 0 Å². The van der Waals surface area contributed by atoms with Crippen LogP contribution < -0.4 is 5.43 Å². The largest absolute Gasteiger partial charge is 0.272 e. The van der Waals surface area contributed by atoms with Gasteiger partial charge in [-0.15, -0.1) is 0 Å². The van der Waals surface area contributed by atoms with E-state index in [1.807, 2.05) is 6.92 Å². The minimum Gasteiger partial charge on any atom is -0.267 e. The first kappa shape index (κ1) is 12.0. The lowest BCUT2D eigenvalue weighted by atomic mass is 10.2. The van der Waals surface area contributed by atoms with Crippen molar-refractivity contribution in [2.75, 3.05) is 0 Å². The second-order valence-corrected chi connectivity index (χ2v) is 3.63. The average molecular weight is 245 g/mol. The molecule has 0 fully saturated rings. The maximum absolute atomic E-state index is 11.5. The summed E-state index contributed by atoms with van der Waals surface area (Å²) in [6.45, 7) is 1.92. The third kappa shape index (κ3) is 3.53. The van der Waals surface area contributed by atoms with Gasteiger partial charge in [0.2, 0.25) is 0 Å². The number of carbonyl (C=O) groups excluding carboxylic acids is 1. The van der Waals surface area contributed by atoms with E-state index in [9.17, 15) is 4.79 Å². The van der Waals surface area contributed by atoms with Gasteiger partial charge in [-0.05, 0) is 24.6 Å². The molecular formula is C10H10Cl2N2O. The van der Waals surface area contributed by atoms with Crippen LogP contribution in [0.3, 0.4) is 0 Å². The maximum atomic E-state index is 11.5. The molecular weight excluding hydrogens is 235 g/mol. The number of hydrogen-bond acceptors (Lipinski definition) is 2. The van der Waals surface area contributed by atoms with E-state index in [0.717, 1.165) is 6.42 Å². The zero-order valence-corrected chi connectivity index (χ0v) is 9.64. The first-order chi connectivity index (χ1) is 7.15. The summed E-state index contributed by atoms with van der Waals surface area (Å²) in [4.78, 5) is 11.5. The standard InChI is InChI=1S/C10H10Cl2N2O/c1-2-5-13-14-10(15)8-4-3-7(11)6-9(8)12/h3-6H,2H2,1H3,(H,14,15)/b13-5-. The lowest BCUT2D eigenvalue weighted by Crippen LogP contribution is -2.17. The molecule has 0 saturated carbocycles. The SMILES string of the molecule is CC/C=N\NC(=O)c1ccc(Cl)cc1Cl. The molecule has 1 amide bonds. The van der Waals surface area contributed by atoms with Gasteiger partial charge in [0, 0.05) is 11.2 Å². The number of carbonyl (C=O) groups is 1. The average Bonchev–Trinajstić information content (AvgIpc) is 2.17. The summed E-state index contributed by atoms with van der Waals surface area (Å²) in [5.41, 5.74) is 2.72. The van der Waals surface area contributed by atoms with Gasteiger partial charge in [0.1, 0.15) is 0 Å². The summed E-state index contributed by atoms with van der Waals surface area (Å²) in [6, 6.07) is 4.68. The van der Waals surface area contributed by atoms with E-state index in [-0.39, 0.29) is 5.91 Å². The van der Waals surface area contributed by atoms with Crippen molar-refractivity contribution in [2.24, 2.45) is 5.10 Å². The highest BCUT2D eigenvalue weighted by Gasteiger charge is 2.09. The molecule has 0 aliphatic rings. The van der Waals surface area contributed by atoms with Crippen molar-refractivity contribution in [1.82, 2.24) is 5.43 Å². The topological polar surface area (TPSA) is 41.5 Å². The Bertz CT molecular complexity index is 391. The van der Waals surface area contributed by atoms with Gasteiger partial charge in [0.25, 0.3) is 5.91 Å². The number of hydrazone groups is 1. The minimum absolute atomic E-state index is 0.312. The molecule has 0 heterocycles. The predicted molar refractivity (Wildman–Crippen MR) is 62.7 cm³/mol. The molecule has 80 valence electrons. The molecule has 5 heteroatoms. The number of benzene rings is 1. The van der Waals surface area contributed by atoms with Crippen molar-refractivity contribution in [3.8, 4) is 0 Å². The van der Waals surface area contributed by atoms with Gasteiger partial charge in [-0.2, -0.15) is 5.10 Å². The summed E-state index contributed by atoms with van der Waals surface area (Å²) in [6.07, 6.45) is 2.36. The molecule has 0 atom stereocenters. The van der Waals surface area contributed by atoms with Crippen LogP contribution in [-0.2, 0) is 0 Å². The molecule has 0 spiro atoms. The van der Waals surface area contributed by atoms with Crippen molar-refractivity contribution >= 4 is 35.3 Å². The van der Waals surface area contributed by atoms with Crippen LogP contribution in [-0.4, -0.2) is 12.1 Å². The zero-order chi connectivity index (χ0) is 11.3. The number of rotatable bonds is 3. The first-order valence-corrected chi connectivity index (χ1v) is 5.17. The fourth-order valence-corrected chi connectivity index (χ4v) is 1.42. The lowest BCUT2D eigenvalue weighted by molar-refractivity contribution is 0.0955. The summed E-state index contributed by atoms with van der Waals surface area (Å²) in [5.74, 6) is -0.346. The van der Waals surface area contributed by atoms with Crippen LogP contribution in [0.2, 0.25) is 10.0 Å². The summed E-state index contributed by atoms with van der Waals surface area (Å²) < 4.78 is 0. The van der Waals surface area contributed by atoms with E-state index in [2.05, 4.69) is 10.5 Å². The molecule has 0 bridgehead atoms. The highest BCUT2D eigenvalue weighted by molar-refractivity contribution is 6.36. The van der Waals surface area contributed by atoms with Gasteiger partial charge in [-0.25, -0.2) is 5.43 Å². The quantitative estimate of drug-likeness (QED) is 0.645. The minimum atomic E-state index is -0.346. The van der Waals surface area contributed by atoms with E-state index in [1.165, 1.54) is 6.07 Å². The fraction of sp³-hybridized carbons (Fsp3) is 0.200. The Balaban J connectivity index is 2.78. The molecule has 1 aromatic rings. The van der Waals surface area contributed by atoms with Gasteiger partial charge < -0.3 is 0 Å². The van der Waals surface area contributed by atoms with Gasteiger partial charge in [-0.3, -0.25) is 4.79 Å². The fourth-order valence-electron chi connectivity index (χ4n) is 0.929. The maximum Gasteiger partial charge on any atom is 0.272 e. The molecule has 0 aliphatic heterocycles. The van der Waals surface area contributed by atoms with Crippen LogP contribution in [0.15, 0.2) is 23.3 Å². The number of amides is 1. The van der Waals surface area contributed by atoms with Crippen LogP contribution in [0, 0.1) is 0 Å². The Labute approximate surface area is 98.1 Å². The molecule has 0 radical (unpaired) electrons. The van der Waals surface area contributed by atoms with Crippen molar-refractivity contribution in [3.63, 3.8) is 0 Å². The number of nitrogens with zero attached hydrogens (tertiary/aromatic N) is 1. The molecule has 0 saturated heterocycles. The van der Waals surface area contributed by atoms with E-state index in [4.69, 9.17) is 23.2 Å². The van der Waals surface area contributed by atoms with Crippen molar-refractivity contribution in [2.45, 2.75) is 13.3 Å². The Morgan fingerprint density at radius 3 is 2.87 bits per heavy atom. The normalized spacial score (nSPS) is 10.6. The van der Waals surface area contributed by atoms with E-state index in [0.29, 0.717) is 15.6 Å². The molecule has 0 aliphatic carbocycles. The summed E-state index contributed by atoms with van der Waals surface area (Å²) >= 11 is 11.5. The van der Waals surface area contributed by atoms with Crippen LogP contribution in [0.1, 0.15) is 23.7 Å². The Hall–Kier alpha value is -1.06. The molecule has 15 heavy (non-hydrogen) atoms. The van der Waals surface area contributed by atoms with Gasteiger partial charge >= 0.3 is 0 Å². The predicted octanol–water partition coefficient (Wildman–Crippen LogP) is 3.12. The molecule has 1 N–H and O–H groups in total. The number of nitrogens with one attached hydrogen (secondary N) is 1. The highest BCUT2D eigenvalue weighted by Crippen LogP contribution is 2.20. The van der Waals surface area contributed by atoms with E-state index in [1.54, 1.807) is 18.3 Å². The van der Waals surface area contributed by atoms with Crippen LogP contribution in [0.25, 0.3) is 0 Å². The van der Waals surface area contributed by atoms with Crippen molar-refractivity contribution < 1.29 is 4.79 Å². The molecule has 3 nitrogen and oxygen atoms in total. The molecule has 1 rings (SSSR count). The second kappa shape index (κ2) is 5.73. The van der Waals surface area contributed by atoms with E-state index < -0.39 is 0 Å². The first-order valence-electron chi connectivity index (χ1n) is 4.42. The highest BCUT2D eigenvalue weighted by atomic mass is 35.5. The Morgan fingerprint density at radius 2 is 2.27 bits per heavy atom. The summed E-state index contributed by atoms with van der Waals surface area (Å²) in [7, 11) is 0. The van der Waals surface area contributed by atoms with Crippen molar-refractivity contribution in [1.29, 1.82) is 0 Å². The summed E-state index contributed by atoms with van der Waals surface area (Å²) in [5, 5.41) is 4.52. The number of halogens is 2. The molecule has 0 aromatic heterocycles. The monoisotopic (exact) mass is 244 g/mol. The Morgan fingerprint density at radius 1 is 1.53 bits per heavy atom. The lowest BCUT2D eigenvalue weighted by Gasteiger charge is -2.02. The van der Waals surface area contributed by atoms with Crippen molar-refractivity contribution in [3.05, 3.63) is 33.8 Å². The number of hydrogen-bond donors (Lipinski definition) is 1. The van der Waals surface area contributed by atoms with Gasteiger partial charge in [0.05, 0.1) is 10.6 Å². The smallest absolute Gasteiger partial charge is 0.267 e. The van der Waals surface area contributed by atoms with Gasteiger partial charge in [-0.1, -0.05) is 30.1 Å². The van der Waals surface area contributed by atoms with Crippen LogP contribution in [0.5, 0.6) is 0 Å². The van der Waals surface area contributed by atoms with Crippen LogP contribution in [0.4, 0.5) is 0 Å². The third-order valence-electron chi connectivity index (χ3n) is 1.62.